The van der Waals surface area contributed by atoms with Crippen molar-refractivity contribution in [2.24, 2.45) is 10.2 Å². The monoisotopic (exact) mass is 406 g/mol. The lowest BCUT2D eigenvalue weighted by Gasteiger charge is -2.04. The van der Waals surface area contributed by atoms with E-state index in [4.69, 9.17) is 0 Å². The van der Waals surface area contributed by atoms with Crippen LogP contribution in [0.2, 0.25) is 0 Å². The second-order valence-corrected chi connectivity index (χ2v) is 6.14. The summed E-state index contributed by atoms with van der Waals surface area (Å²) >= 11 is 0. The molecule has 0 spiro atoms. The van der Waals surface area contributed by atoms with Gasteiger partial charge in [-0.3, -0.25) is 10.2 Å². The SMILES string of the molecule is O=C(NN=Cc1ccc(O)cc1O)c1cccc(NN=Cc2ccc(O)cc2O)c1. The Balaban J connectivity index is 1.62. The van der Waals surface area contributed by atoms with E-state index < -0.39 is 5.91 Å². The smallest absolute Gasteiger partial charge is 0.271 e. The molecule has 30 heavy (non-hydrogen) atoms. The molecule has 6 N–H and O–H groups in total. The van der Waals surface area contributed by atoms with Gasteiger partial charge in [-0.1, -0.05) is 6.07 Å². The van der Waals surface area contributed by atoms with Crippen molar-refractivity contribution >= 4 is 24.0 Å². The van der Waals surface area contributed by atoms with Crippen LogP contribution in [-0.2, 0) is 0 Å². The number of rotatable bonds is 6. The number of nitrogens with one attached hydrogen (secondary N) is 2. The summed E-state index contributed by atoms with van der Waals surface area (Å²) in [4.78, 5) is 12.2. The van der Waals surface area contributed by atoms with Crippen molar-refractivity contribution in [3.05, 3.63) is 77.4 Å². The third kappa shape index (κ3) is 5.26. The zero-order valence-corrected chi connectivity index (χ0v) is 15.5. The molecule has 0 aliphatic rings. The molecule has 0 aliphatic heterocycles. The molecule has 0 atom stereocenters. The second kappa shape index (κ2) is 9.11. The fourth-order valence-electron chi connectivity index (χ4n) is 2.41. The third-order valence-electron chi connectivity index (χ3n) is 3.92. The van der Waals surface area contributed by atoms with Gasteiger partial charge in [0.25, 0.3) is 5.91 Å². The van der Waals surface area contributed by atoms with Crippen LogP contribution in [0.3, 0.4) is 0 Å². The number of aromatic hydroxyl groups is 4. The van der Waals surface area contributed by atoms with Crippen molar-refractivity contribution in [1.82, 2.24) is 5.43 Å². The van der Waals surface area contributed by atoms with Gasteiger partial charge in [-0.2, -0.15) is 10.2 Å². The van der Waals surface area contributed by atoms with Crippen LogP contribution >= 0.6 is 0 Å². The molecule has 0 radical (unpaired) electrons. The molecule has 0 fully saturated rings. The second-order valence-electron chi connectivity index (χ2n) is 6.14. The minimum absolute atomic E-state index is 0.0559. The lowest BCUT2D eigenvalue weighted by Crippen LogP contribution is -2.17. The Kier molecular flexibility index (Phi) is 6.14. The largest absolute Gasteiger partial charge is 0.508 e. The fourth-order valence-corrected chi connectivity index (χ4v) is 2.41. The molecule has 0 aromatic heterocycles. The summed E-state index contributed by atoms with van der Waals surface area (Å²) in [5.74, 6) is -0.905. The van der Waals surface area contributed by atoms with Gasteiger partial charge in [0.1, 0.15) is 23.0 Å². The molecule has 9 nitrogen and oxygen atoms in total. The maximum Gasteiger partial charge on any atom is 0.271 e. The first kappa shape index (κ1) is 20.2. The van der Waals surface area contributed by atoms with Crippen LogP contribution in [0.25, 0.3) is 0 Å². The molecule has 1 amide bonds. The zero-order valence-electron chi connectivity index (χ0n) is 15.5. The highest BCUT2D eigenvalue weighted by molar-refractivity contribution is 5.96. The Morgan fingerprint density at radius 3 is 1.97 bits per heavy atom. The van der Waals surface area contributed by atoms with E-state index in [1.165, 1.54) is 42.8 Å². The predicted octanol–water partition coefficient (Wildman–Crippen LogP) is 2.72. The van der Waals surface area contributed by atoms with Crippen LogP contribution in [0.4, 0.5) is 5.69 Å². The number of benzene rings is 3. The van der Waals surface area contributed by atoms with E-state index in [1.807, 2.05) is 0 Å². The summed E-state index contributed by atoms with van der Waals surface area (Å²) in [5.41, 5.74) is 6.66. The predicted molar refractivity (Wildman–Crippen MR) is 112 cm³/mol. The maximum atomic E-state index is 12.2. The number of hydrogen-bond acceptors (Lipinski definition) is 8. The van der Waals surface area contributed by atoms with Gasteiger partial charge in [0.15, 0.2) is 0 Å². The normalized spacial score (nSPS) is 11.1. The van der Waals surface area contributed by atoms with Crippen molar-refractivity contribution in [3.8, 4) is 23.0 Å². The quantitative estimate of drug-likeness (QED) is 0.274. The molecule has 0 bridgehead atoms. The Labute approximate surface area is 171 Å². The zero-order chi connectivity index (χ0) is 21.5. The molecule has 0 unspecified atom stereocenters. The molecule has 3 aromatic rings. The van der Waals surface area contributed by atoms with Crippen LogP contribution in [0.5, 0.6) is 23.0 Å². The first-order valence-electron chi connectivity index (χ1n) is 8.69. The van der Waals surface area contributed by atoms with Crippen LogP contribution < -0.4 is 10.9 Å². The van der Waals surface area contributed by atoms with Gasteiger partial charge < -0.3 is 20.4 Å². The highest BCUT2D eigenvalue weighted by atomic mass is 16.3. The first-order chi connectivity index (χ1) is 14.4. The van der Waals surface area contributed by atoms with Gasteiger partial charge in [0.2, 0.25) is 0 Å². The molecular weight excluding hydrogens is 388 g/mol. The lowest BCUT2D eigenvalue weighted by atomic mass is 10.2. The number of carbonyl (C=O) groups is 1. The maximum absolute atomic E-state index is 12.2. The number of anilines is 1. The molecule has 0 saturated heterocycles. The van der Waals surface area contributed by atoms with E-state index >= 15 is 0 Å². The summed E-state index contributed by atoms with van der Waals surface area (Å²) in [6, 6.07) is 14.6. The number of nitrogens with zero attached hydrogens (tertiary/aromatic N) is 2. The standard InChI is InChI=1S/C21H18N4O5/c26-17-6-4-14(19(28)9-17)11-22-24-16-3-1-2-13(8-16)21(30)25-23-12-15-5-7-18(27)10-20(15)29/h1-12,24,26-29H,(H,25,30). The van der Waals surface area contributed by atoms with E-state index in [-0.39, 0.29) is 23.0 Å². The van der Waals surface area contributed by atoms with E-state index in [1.54, 1.807) is 24.3 Å². The van der Waals surface area contributed by atoms with E-state index in [0.29, 0.717) is 22.4 Å². The molecule has 9 heteroatoms. The molecule has 3 rings (SSSR count). The van der Waals surface area contributed by atoms with Gasteiger partial charge in [0.05, 0.1) is 18.1 Å². The first-order valence-corrected chi connectivity index (χ1v) is 8.69. The average Bonchev–Trinajstić information content (AvgIpc) is 2.71. The number of phenolic OH excluding ortho intramolecular Hbond substituents is 4. The van der Waals surface area contributed by atoms with Gasteiger partial charge in [0, 0.05) is 28.8 Å². The van der Waals surface area contributed by atoms with Crippen LogP contribution in [0, 0.1) is 0 Å². The highest BCUT2D eigenvalue weighted by Crippen LogP contribution is 2.21. The van der Waals surface area contributed by atoms with E-state index in [2.05, 4.69) is 21.1 Å². The Morgan fingerprint density at radius 2 is 1.37 bits per heavy atom. The summed E-state index contributed by atoms with van der Waals surface area (Å²) < 4.78 is 0. The Hall–Kier alpha value is -4.53. The minimum atomic E-state index is -0.478. The van der Waals surface area contributed by atoms with E-state index in [9.17, 15) is 25.2 Å². The summed E-state index contributed by atoms with van der Waals surface area (Å²) in [6.07, 6.45) is 2.62. The third-order valence-corrected chi connectivity index (χ3v) is 3.92. The van der Waals surface area contributed by atoms with Crippen molar-refractivity contribution in [3.63, 3.8) is 0 Å². The topological polar surface area (TPSA) is 147 Å². The number of hydrogen-bond donors (Lipinski definition) is 6. The molecule has 152 valence electrons. The number of amides is 1. The Bertz CT molecular complexity index is 1130. The number of hydrazone groups is 2. The summed E-state index contributed by atoms with van der Waals surface area (Å²) in [5, 5.41) is 45.8. The minimum Gasteiger partial charge on any atom is -0.508 e. The van der Waals surface area contributed by atoms with Crippen molar-refractivity contribution in [2.75, 3.05) is 5.43 Å². The molecule has 3 aromatic carbocycles. The summed E-state index contributed by atoms with van der Waals surface area (Å²) in [7, 11) is 0. The highest BCUT2D eigenvalue weighted by Gasteiger charge is 2.06. The van der Waals surface area contributed by atoms with Gasteiger partial charge in [-0.25, -0.2) is 5.43 Å². The average molecular weight is 406 g/mol. The fraction of sp³-hybridized carbons (Fsp3) is 0. The van der Waals surface area contributed by atoms with Crippen LogP contribution in [0.15, 0.2) is 70.9 Å². The van der Waals surface area contributed by atoms with Gasteiger partial charge in [-0.15, -0.1) is 0 Å². The van der Waals surface area contributed by atoms with Crippen LogP contribution in [-0.4, -0.2) is 38.8 Å². The van der Waals surface area contributed by atoms with Crippen molar-refractivity contribution in [2.45, 2.75) is 0 Å². The van der Waals surface area contributed by atoms with Crippen molar-refractivity contribution in [1.29, 1.82) is 0 Å². The molecule has 0 heterocycles. The molecule has 0 saturated carbocycles. The Morgan fingerprint density at radius 1 is 0.767 bits per heavy atom. The molecular formula is C21H18N4O5. The van der Waals surface area contributed by atoms with Gasteiger partial charge in [-0.05, 0) is 42.5 Å². The van der Waals surface area contributed by atoms with Gasteiger partial charge >= 0.3 is 0 Å². The number of phenols is 4. The van der Waals surface area contributed by atoms with Crippen molar-refractivity contribution < 1.29 is 25.2 Å². The number of carbonyl (C=O) groups excluding carboxylic acids is 1. The summed E-state index contributed by atoms with van der Waals surface area (Å²) in [6.45, 7) is 0. The van der Waals surface area contributed by atoms with E-state index in [0.717, 1.165) is 6.07 Å². The molecule has 0 aliphatic carbocycles. The van der Waals surface area contributed by atoms with Crippen LogP contribution in [0.1, 0.15) is 21.5 Å². The lowest BCUT2D eigenvalue weighted by molar-refractivity contribution is 0.0955.